The van der Waals surface area contributed by atoms with Crippen molar-refractivity contribution < 1.29 is 26.4 Å². The molecule has 2 aliphatic heterocycles. The number of carbonyl (C=O) groups excluding carboxylic acids is 1. The van der Waals surface area contributed by atoms with Gasteiger partial charge in [-0.25, -0.2) is 16.8 Å². The van der Waals surface area contributed by atoms with Crippen LogP contribution in [0.3, 0.4) is 0 Å². The Kier molecular flexibility index (Phi) is 9.36. The van der Waals surface area contributed by atoms with Crippen molar-refractivity contribution in [2.75, 3.05) is 39.3 Å². The summed E-state index contributed by atoms with van der Waals surface area (Å²) in [5.41, 5.74) is 0.905. The number of benzene rings is 2. The first-order chi connectivity index (χ1) is 18.1. The number of carbonyl (C=O) groups is 1. The van der Waals surface area contributed by atoms with E-state index < -0.39 is 26.0 Å². The zero-order valence-electron chi connectivity index (χ0n) is 21.4. The van der Waals surface area contributed by atoms with Crippen molar-refractivity contribution in [2.24, 2.45) is 5.92 Å². The van der Waals surface area contributed by atoms with E-state index in [1.54, 1.807) is 43.3 Å². The van der Waals surface area contributed by atoms with Gasteiger partial charge in [0.25, 0.3) is 0 Å². The van der Waals surface area contributed by atoms with Gasteiger partial charge in [0.05, 0.1) is 17.4 Å². The maximum absolute atomic E-state index is 13.4. The molecule has 0 saturated carbocycles. The van der Waals surface area contributed by atoms with Crippen molar-refractivity contribution in [2.45, 2.75) is 48.8 Å². The molecule has 1 N–H and O–H groups in total. The Labute approximate surface area is 230 Å². The van der Waals surface area contributed by atoms with E-state index in [2.05, 4.69) is 5.32 Å². The molecular weight excluding hydrogens is 550 g/mol. The number of hydrogen-bond donors (Lipinski definition) is 1. The van der Waals surface area contributed by atoms with Crippen LogP contribution in [0.1, 0.15) is 38.2 Å². The summed E-state index contributed by atoms with van der Waals surface area (Å²) in [5.74, 6) is -0.432. The molecule has 0 spiro atoms. The fourth-order valence-electron chi connectivity index (χ4n) is 4.85. The Morgan fingerprint density at radius 1 is 0.974 bits per heavy atom. The Bertz CT molecular complexity index is 1340. The molecule has 9 nitrogen and oxygen atoms in total. The summed E-state index contributed by atoms with van der Waals surface area (Å²) < 4.78 is 60.5. The molecule has 1 atom stereocenters. The standard InChI is InChI=1S/C26H34ClN3O6S2/c1-2-36-24-12-9-22(27)18-25(24)38(34,35)30-17-5-6-21(19-30)26(31)28-14-13-20-7-10-23(11-8-20)37(32,33)29-15-3-4-16-29/h7-12,18,21H,2-6,13-17,19H2,1H3,(H,28,31)/t21-/m0/s1. The van der Waals surface area contributed by atoms with Gasteiger partial charge in [0.2, 0.25) is 26.0 Å². The SMILES string of the molecule is CCOc1ccc(Cl)cc1S(=O)(=O)N1CCC[C@H](C(=O)NCCc2ccc(S(=O)(=O)N3CCCC3)cc2)C1. The minimum atomic E-state index is -3.90. The first-order valence-electron chi connectivity index (χ1n) is 12.9. The fraction of sp³-hybridized carbons (Fsp3) is 0.500. The largest absolute Gasteiger partial charge is 0.492 e. The van der Waals surface area contributed by atoms with Gasteiger partial charge in [0.1, 0.15) is 10.6 Å². The van der Waals surface area contributed by atoms with Gasteiger partial charge in [-0.15, -0.1) is 0 Å². The number of halogens is 1. The lowest BCUT2D eigenvalue weighted by atomic mass is 9.99. The maximum Gasteiger partial charge on any atom is 0.246 e. The quantitative estimate of drug-likeness (QED) is 0.459. The normalized spacial score (nSPS) is 19.4. The van der Waals surface area contributed by atoms with Crippen LogP contribution in [-0.4, -0.2) is 70.7 Å². The van der Waals surface area contributed by atoms with E-state index in [-0.39, 0.29) is 28.0 Å². The summed E-state index contributed by atoms with van der Waals surface area (Å²) in [6.07, 6.45) is 3.46. The summed E-state index contributed by atoms with van der Waals surface area (Å²) >= 11 is 6.07. The number of ether oxygens (including phenoxy) is 1. The van der Waals surface area contributed by atoms with Gasteiger partial charge in [0.15, 0.2) is 0 Å². The average Bonchev–Trinajstić information content (AvgIpc) is 3.46. The van der Waals surface area contributed by atoms with Crippen molar-refractivity contribution in [3.8, 4) is 5.75 Å². The van der Waals surface area contributed by atoms with Crippen LogP contribution >= 0.6 is 11.6 Å². The Balaban J connectivity index is 1.33. The van der Waals surface area contributed by atoms with E-state index in [1.165, 1.54) is 14.7 Å². The summed E-state index contributed by atoms with van der Waals surface area (Å²) in [6.45, 7) is 3.96. The molecular formula is C26H34ClN3O6S2. The van der Waals surface area contributed by atoms with E-state index in [0.29, 0.717) is 57.1 Å². The highest BCUT2D eigenvalue weighted by molar-refractivity contribution is 7.89. The molecule has 0 bridgehead atoms. The van der Waals surface area contributed by atoms with Gasteiger partial charge in [-0.3, -0.25) is 4.79 Å². The van der Waals surface area contributed by atoms with E-state index in [9.17, 15) is 21.6 Å². The number of nitrogens with one attached hydrogen (secondary N) is 1. The number of nitrogens with zero attached hydrogens (tertiary/aromatic N) is 2. The third-order valence-corrected chi connectivity index (χ3v) is 11.0. The third-order valence-electron chi connectivity index (χ3n) is 6.92. The molecule has 208 valence electrons. The molecule has 2 aliphatic rings. The van der Waals surface area contributed by atoms with Crippen LogP contribution in [0.25, 0.3) is 0 Å². The van der Waals surface area contributed by atoms with E-state index in [4.69, 9.17) is 16.3 Å². The molecule has 0 radical (unpaired) electrons. The molecule has 0 aliphatic carbocycles. The van der Waals surface area contributed by atoms with E-state index in [0.717, 1.165) is 18.4 Å². The van der Waals surface area contributed by atoms with Crippen molar-refractivity contribution in [3.05, 3.63) is 53.1 Å². The fourth-order valence-corrected chi connectivity index (χ4v) is 8.29. The minimum absolute atomic E-state index is 0.00287. The molecule has 38 heavy (non-hydrogen) atoms. The second-order valence-corrected chi connectivity index (χ2v) is 13.8. The smallest absolute Gasteiger partial charge is 0.246 e. The van der Waals surface area contributed by atoms with E-state index >= 15 is 0 Å². The number of amides is 1. The maximum atomic E-state index is 13.4. The van der Waals surface area contributed by atoms with E-state index in [1.807, 2.05) is 0 Å². The van der Waals surface area contributed by atoms with Crippen molar-refractivity contribution in [1.29, 1.82) is 0 Å². The highest BCUT2D eigenvalue weighted by Crippen LogP contribution is 2.32. The topological polar surface area (TPSA) is 113 Å². The average molecular weight is 584 g/mol. The molecule has 2 heterocycles. The number of rotatable bonds is 10. The van der Waals surface area contributed by atoms with Crippen molar-refractivity contribution in [3.63, 3.8) is 0 Å². The number of piperidine rings is 1. The van der Waals surface area contributed by atoms with Gasteiger partial charge >= 0.3 is 0 Å². The van der Waals surface area contributed by atoms with Crippen molar-refractivity contribution >= 4 is 37.6 Å². The molecule has 0 unspecified atom stereocenters. The van der Waals surface area contributed by atoms with Crippen molar-refractivity contribution in [1.82, 2.24) is 13.9 Å². The van der Waals surface area contributed by atoms with Crippen LogP contribution in [0.4, 0.5) is 0 Å². The zero-order chi connectivity index (χ0) is 27.3. The lowest BCUT2D eigenvalue weighted by Gasteiger charge is -2.31. The van der Waals surface area contributed by atoms with Gasteiger partial charge in [-0.1, -0.05) is 23.7 Å². The lowest BCUT2D eigenvalue weighted by Crippen LogP contribution is -2.45. The zero-order valence-corrected chi connectivity index (χ0v) is 23.8. The first-order valence-corrected chi connectivity index (χ1v) is 16.2. The molecule has 2 fully saturated rings. The van der Waals surface area contributed by atoms with Gasteiger partial charge in [-0.05, 0) is 74.9 Å². The number of hydrogen-bond acceptors (Lipinski definition) is 6. The molecule has 4 rings (SSSR count). The lowest BCUT2D eigenvalue weighted by molar-refractivity contribution is -0.126. The molecule has 2 aromatic carbocycles. The summed E-state index contributed by atoms with van der Waals surface area (Å²) in [7, 11) is -7.35. The predicted octanol–water partition coefficient (Wildman–Crippen LogP) is 3.28. The van der Waals surface area contributed by atoms with Gasteiger partial charge in [0, 0.05) is 37.7 Å². The third kappa shape index (κ3) is 6.51. The Hall–Kier alpha value is -2.18. The second-order valence-electron chi connectivity index (χ2n) is 9.52. The molecule has 1 amide bonds. The van der Waals surface area contributed by atoms with Crippen LogP contribution in [0.2, 0.25) is 5.02 Å². The molecule has 2 saturated heterocycles. The Morgan fingerprint density at radius 2 is 1.66 bits per heavy atom. The summed E-state index contributed by atoms with van der Waals surface area (Å²) in [4.78, 5) is 13.2. The highest BCUT2D eigenvalue weighted by atomic mass is 35.5. The minimum Gasteiger partial charge on any atom is -0.492 e. The number of sulfonamides is 2. The Morgan fingerprint density at radius 3 is 2.34 bits per heavy atom. The van der Waals surface area contributed by atoms with Crippen LogP contribution in [-0.2, 0) is 31.3 Å². The van der Waals surface area contributed by atoms with Gasteiger partial charge < -0.3 is 10.1 Å². The summed E-state index contributed by atoms with van der Waals surface area (Å²) in [6, 6.07) is 11.3. The predicted molar refractivity (Wildman–Crippen MR) is 145 cm³/mol. The van der Waals surface area contributed by atoms with Crippen LogP contribution in [0.5, 0.6) is 5.75 Å². The molecule has 2 aromatic rings. The molecule has 12 heteroatoms. The molecule has 0 aromatic heterocycles. The van der Waals surface area contributed by atoms with Crippen LogP contribution in [0.15, 0.2) is 52.3 Å². The second kappa shape index (κ2) is 12.3. The van der Waals surface area contributed by atoms with Crippen LogP contribution in [0, 0.1) is 5.92 Å². The monoisotopic (exact) mass is 583 g/mol. The highest BCUT2D eigenvalue weighted by Gasteiger charge is 2.35. The van der Waals surface area contributed by atoms with Gasteiger partial charge in [-0.2, -0.15) is 8.61 Å². The van der Waals surface area contributed by atoms with Crippen LogP contribution < -0.4 is 10.1 Å². The summed E-state index contributed by atoms with van der Waals surface area (Å²) in [5, 5.41) is 3.20. The first kappa shape index (κ1) is 28.8.